The predicted octanol–water partition coefficient (Wildman–Crippen LogP) is 3.40. The zero-order valence-electron chi connectivity index (χ0n) is 8.46. The van der Waals surface area contributed by atoms with Gasteiger partial charge in [-0.1, -0.05) is 6.92 Å². The third-order valence-electron chi connectivity index (χ3n) is 1.99. The number of aromatic nitrogens is 1. The lowest BCUT2D eigenvalue weighted by atomic mass is 10.3. The van der Waals surface area contributed by atoms with Crippen LogP contribution in [0.25, 0.3) is 0 Å². The fourth-order valence-electron chi connectivity index (χ4n) is 1.00. The van der Waals surface area contributed by atoms with E-state index in [4.69, 9.17) is 0 Å². The van der Waals surface area contributed by atoms with E-state index in [1.54, 1.807) is 6.20 Å². The lowest BCUT2D eigenvalue weighted by Gasteiger charge is -2.09. The average molecular weight is 275 g/mol. The summed E-state index contributed by atoms with van der Waals surface area (Å²) in [4.78, 5) is 4.24. The van der Waals surface area contributed by atoms with Crippen LogP contribution in [0.2, 0.25) is 0 Å². The molecule has 0 bridgehead atoms. The maximum absolute atomic E-state index is 4.24. The van der Waals surface area contributed by atoms with Crippen LogP contribution in [0.15, 0.2) is 22.8 Å². The summed E-state index contributed by atoms with van der Waals surface area (Å²) in [6, 6.07) is 3.97. The van der Waals surface area contributed by atoms with E-state index in [9.17, 15) is 0 Å². The minimum atomic E-state index is 0.706. The Hall–Kier alpha value is -0.220. The van der Waals surface area contributed by atoms with E-state index < -0.39 is 0 Å². The average Bonchev–Trinajstić information content (AvgIpc) is 2.21. The standard InChI is InChI=1S/C10H15BrN2S/c1-8(14-2)5-6-12-10-4-3-9(11)7-13-10/h3-4,7-8H,5-6H2,1-2H3,(H,12,13). The summed E-state index contributed by atoms with van der Waals surface area (Å²) in [5.41, 5.74) is 0. The van der Waals surface area contributed by atoms with E-state index in [2.05, 4.69) is 39.4 Å². The largest absolute Gasteiger partial charge is 0.370 e. The van der Waals surface area contributed by atoms with Crippen LogP contribution in [-0.2, 0) is 0 Å². The van der Waals surface area contributed by atoms with Gasteiger partial charge in [0.2, 0.25) is 0 Å². The van der Waals surface area contributed by atoms with E-state index in [0.717, 1.165) is 16.8 Å². The molecule has 0 saturated heterocycles. The van der Waals surface area contributed by atoms with Crippen LogP contribution < -0.4 is 5.32 Å². The summed E-state index contributed by atoms with van der Waals surface area (Å²) < 4.78 is 1.01. The quantitative estimate of drug-likeness (QED) is 0.891. The maximum Gasteiger partial charge on any atom is 0.125 e. The molecule has 14 heavy (non-hydrogen) atoms. The minimum absolute atomic E-state index is 0.706. The highest BCUT2D eigenvalue weighted by Gasteiger charge is 1.98. The molecule has 1 heterocycles. The van der Waals surface area contributed by atoms with E-state index >= 15 is 0 Å². The SMILES string of the molecule is CSC(C)CCNc1ccc(Br)cn1. The number of hydrogen-bond acceptors (Lipinski definition) is 3. The van der Waals surface area contributed by atoms with Crippen LogP contribution in [0.5, 0.6) is 0 Å². The van der Waals surface area contributed by atoms with Crippen LogP contribution >= 0.6 is 27.7 Å². The van der Waals surface area contributed by atoms with E-state index in [1.165, 1.54) is 6.42 Å². The molecule has 0 saturated carbocycles. The normalized spacial score (nSPS) is 12.5. The monoisotopic (exact) mass is 274 g/mol. The molecule has 1 atom stereocenters. The first-order valence-electron chi connectivity index (χ1n) is 4.60. The molecule has 4 heteroatoms. The smallest absolute Gasteiger partial charge is 0.125 e. The first kappa shape index (κ1) is 11.9. The van der Waals surface area contributed by atoms with Gasteiger partial charge in [-0.15, -0.1) is 0 Å². The van der Waals surface area contributed by atoms with Crippen molar-refractivity contribution < 1.29 is 0 Å². The van der Waals surface area contributed by atoms with Crippen molar-refractivity contribution in [3.05, 3.63) is 22.8 Å². The summed E-state index contributed by atoms with van der Waals surface area (Å²) >= 11 is 5.25. The van der Waals surface area contributed by atoms with Gasteiger partial charge in [0.1, 0.15) is 5.82 Å². The second-order valence-corrected chi connectivity index (χ2v) is 5.32. The van der Waals surface area contributed by atoms with Gasteiger partial charge in [0, 0.05) is 22.5 Å². The second-order valence-electron chi connectivity index (χ2n) is 3.12. The minimum Gasteiger partial charge on any atom is -0.370 e. The summed E-state index contributed by atoms with van der Waals surface area (Å²) in [6.07, 6.45) is 5.11. The van der Waals surface area contributed by atoms with Crippen molar-refractivity contribution in [3.8, 4) is 0 Å². The molecule has 78 valence electrons. The lowest BCUT2D eigenvalue weighted by molar-refractivity contribution is 0.850. The van der Waals surface area contributed by atoms with Crippen LogP contribution in [0, 0.1) is 0 Å². The van der Waals surface area contributed by atoms with Gasteiger partial charge in [-0.2, -0.15) is 11.8 Å². The molecule has 0 radical (unpaired) electrons. The molecule has 1 unspecified atom stereocenters. The predicted molar refractivity (Wildman–Crippen MR) is 68.0 cm³/mol. The zero-order valence-corrected chi connectivity index (χ0v) is 10.9. The van der Waals surface area contributed by atoms with Crippen molar-refractivity contribution >= 4 is 33.5 Å². The number of anilines is 1. The van der Waals surface area contributed by atoms with Gasteiger partial charge in [-0.05, 0) is 40.7 Å². The molecular weight excluding hydrogens is 260 g/mol. The summed E-state index contributed by atoms with van der Waals surface area (Å²) in [7, 11) is 0. The Morgan fingerprint density at radius 1 is 1.57 bits per heavy atom. The van der Waals surface area contributed by atoms with Crippen LogP contribution in [0.1, 0.15) is 13.3 Å². The molecule has 0 aliphatic heterocycles. The molecule has 1 aromatic rings. The van der Waals surface area contributed by atoms with Gasteiger partial charge in [0.15, 0.2) is 0 Å². The first-order valence-corrected chi connectivity index (χ1v) is 6.68. The molecule has 1 aromatic heterocycles. The van der Waals surface area contributed by atoms with Gasteiger partial charge in [0.25, 0.3) is 0 Å². The topological polar surface area (TPSA) is 24.9 Å². The van der Waals surface area contributed by atoms with E-state index in [-0.39, 0.29) is 0 Å². The Kier molecular flexibility index (Phi) is 5.33. The van der Waals surface area contributed by atoms with Crippen molar-refractivity contribution in [3.63, 3.8) is 0 Å². The lowest BCUT2D eigenvalue weighted by Crippen LogP contribution is -2.08. The molecule has 0 fully saturated rings. The number of hydrogen-bond donors (Lipinski definition) is 1. The Bertz CT molecular complexity index is 263. The first-order chi connectivity index (χ1) is 6.72. The molecule has 0 aliphatic carbocycles. The summed E-state index contributed by atoms with van der Waals surface area (Å²) in [6.45, 7) is 3.22. The number of pyridine rings is 1. The highest BCUT2D eigenvalue weighted by Crippen LogP contribution is 2.12. The fourth-order valence-corrected chi connectivity index (χ4v) is 1.59. The Morgan fingerprint density at radius 3 is 2.93 bits per heavy atom. The van der Waals surface area contributed by atoms with Gasteiger partial charge >= 0.3 is 0 Å². The molecule has 1 N–H and O–H groups in total. The highest BCUT2D eigenvalue weighted by molar-refractivity contribution is 9.10. The molecule has 0 aromatic carbocycles. The summed E-state index contributed by atoms with van der Waals surface area (Å²) in [5.74, 6) is 0.946. The zero-order chi connectivity index (χ0) is 10.4. The molecule has 2 nitrogen and oxygen atoms in total. The van der Waals surface area contributed by atoms with Crippen molar-refractivity contribution in [2.45, 2.75) is 18.6 Å². The van der Waals surface area contributed by atoms with Gasteiger partial charge in [0.05, 0.1) is 0 Å². The van der Waals surface area contributed by atoms with Crippen molar-refractivity contribution in [2.24, 2.45) is 0 Å². The number of halogens is 1. The summed E-state index contributed by atoms with van der Waals surface area (Å²) in [5, 5.41) is 4.00. The molecule has 1 rings (SSSR count). The van der Waals surface area contributed by atoms with Crippen molar-refractivity contribution in [1.82, 2.24) is 4.98 Å². The molecule has 0 spiro atoms. The highest BCUT2D eigenvalue weighted by atomic mass is 79.9. The van der Waals surface area contributed by atoms with Gasteiger partial charge < -0.3 is 5.32 Å². The Balaban J connectivity index is 2.28. The fraction of sp³-hybridized carbons (Fsp3) is 0.500. The van der Waals surface area contributed by atoms with Crippen molar-refractivity contribution in [2.75, 3.05) is 18.1 Å². The van der Waals surface area contributed by atoms with Gasteiger partial charge in [-0.3, -0.25) is 0 Å². The van der Waals surface area contributed by atoms with E-state index in [0.29, 0.717) is 5.25 Å². The number of thioether (sulfide) groups is 1. The van der Waals surface area contributed by atoms with Crippen LogP contribution in [0.3, 0.4) is 0 Å². The van der Waals surface area contributed by atoms with Crippen LogP contribution in [-0.4, -0.2) is 23.0 Å². The van der Waals surface area contributed by atoms with Crippen LogP contribution in [0.4, 0.5) is 5.82 Å². The Morgan fingerprint density at radius 2 is 2.36 bits per heavy atom. The number of nitrogens with zero attached hydrogens (tertiary/aromatic N) is 1. The second kappa shape index (κ2) is 6.30. The van der Waals surface area contributed by atoms with Crippen molar-refractivity contribution in [1.29, 1.82) is 0 Å². The van der Waals surface area contributed by atoms with Gasteiger partial charge in [-0.25, -0.2) is 4.98 Å². The molecule has 0 aliphatic rings. The maximum atomic E-state index is 4.24. The third kappa shape index (κ3) is 4.33. The van der Waals surface area contributed by atoms with E-state index in [1.807, 2.05) is 23.9 Å². The Labute approximate surface area is 98.0 Å². The molecular formula is C10H15BrN2S. The molecule has 0 amide bonds. The number of rotatable bonds is 5. The number of nitrogens with one attached hydrogen (secondary N) is 1. The third-order valence-corrected chi connectivity index (χ3v) is 3.50.